The van der Waals surface area contributed by atoms with Crippen LogP contribution in [0.2, 0.25) is 0 Å². The number of hydrogen-bond acceptors (Lipinski definition) is 5. The van der Waals surface area contributed by atoms with E-state index in [0.29, 0.717) is 17.6 Å². The second-order valence-electron chi connectivity index (χ2n) is 5.86. The number of aliphatic carboxylic acids is 1. The van der Waals surface area contributed by atoms with Gasteiger partial charge in [0.15, 0.2) is 0 Å². The monoisotopic (exact) mass is 409 g/mol. The number of carbonyl (C=O) groups is 2. The number of fused-ring (bicyclic) bond motifs is 1. The number of nitrogens with two attached hydrogens (primary N) is 1. The Morgan fingerprint density at radius 2 is 1.69 bits per heavy atom. The van der Waals surface area contributed by atoms with E-state index in [-0.39, 0.29) is 0 Å². The van der Waals surface area contributed by atoms with Crippen molar-refractivity contribution >= 4 is 35.5 Å². The van der Waals surface area contributed by atoms with Crippen molar-refractivity contribution < 1.29 is 37.9 Å². The number of rotatable bonds is 4. The molecule has 1 amide bonds. The summed E-state index contributed by atoms with van der Waals surface area (Å²) < 4.78 is 33.6. The summed E-state index contributed by atoms with van der Waals surface area (Å²) in [6.07, 6.45) is -3.38. The van der Waals surface area contributed by atoms with Crippen LogP contribution in [0.1, 0.15) is 15.9 Å². The molecular weight excluding hydrogens is 394 g/mol. The van der Waals surface area contributed by atoms with Gasteiger partial charge in [0, 0.05) is 12.1 Å². The first-order valence-electron chi connectivity index (χ1n) is 7.99. The summed E-state index contributed by atoms with van der Waals surface area (Å²) in [6, 6.07) is 12.1. The van der Waals surface area contributed by atoms with Crippen molar-refractivity contribution in [2.24, 2.45) is 5.73 Å². The van der Waals surface area contributed by atoms with E-state index in [1.807, 2.05) is 16.7 Å². The Hall–Kier alpha value is -3.38. The molecule has 1 heterocycles. The van der Waals surface area contributed by atoms with Crippen LogP contribution in [-0.2, 0) is 11.3 Å². The van der Waals surface area contributed by atoms with Gasteiger partial charge in [-0.05, 0) is 29.2 Å². The quantitative estimate of drug-likeness (QED) is 0.463. The van der Waals surface area contributed by atoms with Crippen molar-refractivity contribution in [3.63, 3.8) is 0 Å². The largest absolute Gasteiger partial charge is 0.490 e. The SMILES string of the molecule is NC(=O)c1ccc2ncn(Cc3ccc(B(O)O)cc3)c2c1.O=C(O)C(F)(F)F. The predicted molar refractivity (Wildman–Crippen MR) is 97.3 cm³/mol. The lowest BCUT2D eigenvalue weighted by molar-refractivity contribution is -0.192. The van der Waals surface area contributed by atoms with Gasteiger partial charge in [-0.2, -0.15) is 13.2 Å². The van der Waals surface area contributed by atoms with Crippen molar-refractivity contribution in [3.05, 3.63) is 59.9 Å². The third-order valence-electron chi connectivity index (χ3n) is 3.78. The number of carboxylic acids is 1. The van der Waals surface area contributed by atoms with Gasteiger partial charge in [0.1, 0.15) is 0 Å². The fraction of sp³-hybridized carbons (Fsp3) is 0.118. The van der Waals surface area contributed by atoms with Crippen molar-refractivity contribution in [3.8, 4) is 0 Å². The fourth-order valence-corrected chi connectivity index (χ4v) is 2.33. The van der Waals surface area contributed by atoms with E-state index >= 15 is 0 Å². The maximum Gasteiger partial charge on any atom is 0.490 e. The highest BCUT2D eigenvalue weighted by atomic mass is 19.4. The summed E-state index contributed by atoms with van der Waals surface area (Å²) in [5.74, 6) is -3.23. The molecule has 3 rings (SSSR count). The Bertz CT molecular complexity index is 1020. The molecule has 29 heavy (non-hydrogen) atoms. The van der Waals surface area contributed by atoms with Crippen molar-refractivity contribution in [2.75, 3.05) is 0 Å². The Balaban J connectivity index is 0.000000370. The summed E-state index contributed by atoms with van der Waals surface area (Å²) in [7, 11) is -1.47. The molecule has 0 saturated heterocycles. The van der Waals surface area contributed by atoms with Crippen LogP contribution in [-0.4, -0.2) is 49.9 Å². The van der Waals surface area contributed by atoms with Gasteiger partial charge in [0.2, 0.25) is 5.91 Å². The summed E-state index contributed by atoms with van der Waals surface area (Å²) in [6.45, 7) is 0.556. The Labute approximate surface area is 162 Å². The molecule has 12 heteroatoms. The molecule has 5 N–H and O–H groups in total. The van der Waals surface area contributed by atoms with Crippen LogP contribution in [0.15, 0.2) is 48.8 Å². The van der Waals surface area contributed by atoms with E-state index in [9.17, 15) is 18.0 Å². The van der Waals surface area contributed by atoms with Crippen LogP contribution in [0.3, 0.4) is 0 Å². The van der Waals surface area contributed by atoms with Gasteiger partial charge in [-0.15, -0.1) is 0 Å². The smallest absolute Gasteiger partial charge is 0.475 e. The van der Waals surface area contributed by atoms with Gasteiger partial charge in [-0.1, -0.05) is 24.3 Å². The number of carboxylic acid groups (broad SMARTS) is 1. The van der Waals surface area contributed by atoms with Crippen LogP contribution >= 0.6 is 0 Å². The predicted octanol–water partition coefficient (Wildman–Crippen LogP) is 0.497. The zero-order valence-corrected chi connectivity index (χ0v) is 14.7. The number of nitrogens with zero attached hydrogens (tertiary/aromatic N) is 2. The average Bonchev–Trinajstić information content (AvgIpc) is 3.04. The highest BCUT2D eigenvalue weighted by Gasteiger charge is 2.38. The number of alkyl halides is 3. The Morgan fingerprint density at radius 1 is 1.10 bits per heavy atom. The molecule has 0 fully saturated rings. The van der Waals surface area contributed by atoms with Gasteiger partial charge >= 0.3 is 19.3 Å². The molecule has 0 unspecified atom stereocenters. The van der Waals surface area contributed by atoms with E-state index in [2.05, 4.69) is 4.98 Å². The molecule has 0 aliphatic rings. The number of carbonyl (C=O) groups excluding carboxylic acids is 1. The van der Waals surface area contributed by atoms with Crippen LogP contribution in [0.25, 0.3) is 11.0 Å². The summed E-state index contributed by atoms with van der Waals surface area (Å²) >= 11 is 0. The van der Waals surface area contributed by atoms with Crippen LogP contribution in [0.4, 0.5) is 13.2 Å². The lowest BCUT2D eigenvalue weighted by Gasteiger charge is -2.06. The molecule has 0 spiro atoms. The standard InChI is InChI=1S/C15H14BN3O3.C2HF3O2/c17-15(20)11-3-6-13-14(7-11)19(9-18-13)8-10-1-4-12(5-2-10)16(21)22;3-2(4,5)1(6)7/h1-7,9,21-22H,8H2,(H2,17,20);(H,6,7). The zero-order valence-electron chi connectivity index (χ0n) is 14.7. The first kappa shape index (κ1) is 21.9. The maximum absolute atomic E-state index is 11.3. The third kappa shape index (κ3) is 5.80. The third-order valence-corrected chi connectivity index (χ3v) is 3.78. The molecule has 0 aliphatic carbocycles. The summed E-state index contributed by atoms with van der Waals surface area (Å²) in [4.78, 5) is 24.5. The molecule has 0 radical (unpaired) electrons. The van der Waals surface area contributed by atoms with Gasteiger partial charge in [0.05, 0.1) is 17.4 Å². The van der Waals surface area contributed by atoms with Gasteiger partial charge in [-0.25, -0.2) is 9.78 Å². The fourth-order valence-electron chi connectivity index (χ4n) is 2.33. The molecule has 1 aromatic heterocycles. The highest BCUT2D eigenvalue weighted by molar-refractivity contribution is 6.58. The number of amides is 1. The molecule has 3 aromatic rings. The lowest BCUT2D eigenvalue weighted by Crippen LogP contribution is -2.29. The average molecular weight is 409 g/mol. The van der Waals surface area contributed by atoms with E-state index in [1.54, 1.807) is 36.7 Å². The molecule has 2 aromatic carbocycles. The summed E-state index contributed by atoms with van der Waals surface area (Å²) in [5, 5.41) is 25.3. The van der Waals surface area contributed by atoms with Crippen LogP contribution < -0.4 is 11.2 Å². The summed E-state index contributed by atoms with van der Waals surface area (Å²) in [5.41, 5.74) is 8.77. The number of hydrogen-bond donors (Lipinski definition) is 4. The Kier molecular flexibility index (Phi) is 6.62. The zero-order chi connectivity index (χ0) is 21.8. The molecule has 0 saturated carbocycles. The first-order valence-corrected chi connectivity index (χ1v) is 7.99. The second kappa shape index (κ2) is 8.75. The number of benzene rings is 2. The minimum Gasteiger partial charge on any atom is -0.475 e. The van der Waals surface area contributed by atoms with Crippen molar-refractivity contribution in [1.82, 2.24) is 9.55 Å². The topological polar surface area (TPSA) is 139 Å². The number of imidazole rings is 1. The molecule has 0 aliphatic heterocycles. The van der Waals surface area contributed by atoms with Crippen molar-refractivity contribution in [1.29, 1.82) is 0 Å². The van der Waals surface area contributed by atoms with Gasteiger partial charge in [-0.3, -0.25) is 4.79 Å². The number of primary amides is 1. The lowest BCUT2D eigenvalue weighted by atomic mass is 9.80. The molecule has 152 valence electrons. The highest BCUT2D eigenvalue weighted by Crippen LogP contribution is 2.16. The van der Waals surface area contributed by atoms with Gasteiger partial charge in [0.25, 0.3) is 0 Å². The van der Waals surface area contributed by atoms with Crippen LogP contribution in [0, 0.1) is 0 Å². The maximum atomic E-state index is 11.3. The normalized spacial score (nSPS) is 10.9. The molecule has 0 atom stereocenters. The van der Waals surface area contributed by atoms with E-state index in [1.165, 1.54) is 0 Å². The second-order valence-corrected chi connectivity index (χ2v) is 5.86. The molecule has 8 nitrogen and oxygen atoms in total. The van der Waals surface area contributed by atoms with Crippen molar-refractivity contribution in [2.45, 2.75) is 12.7 Å². The molecule has 0 bridgehead atoms. The molecular formula is C17H15BF3N3O5. The van der Waals surface area contributed by atoms with E-state index in [0.717, 1.165) is 16.6 Å². The minimum absolute atomic E-state index is 0.438. The number of aromatic nitrogens is 2. The number of halogens is 3. The first-order chi connectivity index (χ1) is 13.5. The van der Waals surface area contributed by atoms with Gasteiger partial charge < -0.3 is 25.5 Å². The van der Waals surface area contributed by atoms with Crippen LogP contribution in [0.5, 0.6) is 0 Å². The Morgan fingerprint density at radius 3 is 2.17 bits per heavy atom. The van der Waals surface area contributed by atoms with E-state index in [4.69, 9.17) is 25.7 Å². The van der Waals surface area contributed by atoms with E-state index < -0.39 is 25.2 Å². The minimum atomic E-state index is -5.08.